The number of carbonyl (C=O) groups is 3. The Morgan fingerprint density at radius 2 is 0.961 bits per heavy atom. The summed E-state index contributed by atoms with van der Waals surface area (Å²) >= 11 is 17.4. The number of nitrogens with one attached hydrogen (secondary N) is 10. The fourth-order valence-corrected chi connectivity index (χ4v) is 13.2. The molecule has 0 bridgehead atoms. The molecule has 0 radical (unpaired) electrons. The Hall–Kier alpha value is -11.5. The molecule has 6 aromatic carbocycles. The van der Waals surface area contributed by atoms with Crippen LogP contribution in [0.2, 0.25) is 0 Å². The van der Waals surface area contributed by atoms with Gasteiger partial charge < -0.3 is 87.3 Å². The first-order chi connectivity index (χ1) is 50.2. The number of para-hydroxylation sites is 1. The third-order valence-corrected chi connectivity index (χ3v) is 18.6. The quantitative estimate of drug-likeness (QED) is 0.0154. The Morgan fingerprint density at radius 3 is 1.55 bits per heavy atom. The molecule has 1 saturated heterocycles. The Labute approximate surface area is 604 Å². The molecule has 3 amide bonds. The molecule has 0 unspecified atom stereocenters. The molecular formula is C74H74N16O10S3. The fraction of sp³-hybridized carbons (Fsp3) is 0.243. The fourth-order valence-electron chi connectivity index (χ4n) is 12.3. The third-order valence-electron chi connectivity index (χ3n) is 17.6. The molecule has 6 aromatic heterocycles. The van der Waals surface area contributed by atoms with E-state index in [4.69, 9.17) is 69.8 Å². The molecule has 0 saturated carbocycles. The van der Waals surface area contributed by atoms with E-state index in [9.17, 15) is 30.6 Å². The standard InChI is InChI=1S/C74H74N16O10S3/c1-94-60-38-48-57(85-74(103)90(68(48)77)29-28-87-44-51(47-16-9-10-19-59(47)87)69(91)78-22-25-86-30-32-96-33-31-86)42-64(60)99-36-35-98-63-40-50-58(84-73(102)89(67(50)76)27-24-80-71(93)55-21-20-53(82-55)46-14-7-4-8-15-46)43-65(63)100-37-34-97-62-39-49-56(41-61(62)95-2)83-72(101)88(66(49)75)26-23-79-70(92)54-18-11-17-52(81-54)45-12-5-3-6-13-45/h3-21,38-44,75-77,82H,22-37H2,1-2H3,(H,78,91)(H,79,92)(H,80,93)(H,83,101)(H,84,102)(H,85,103). The number of morpholine rings is 1. The molecule has 13 rings (SSSR count). The average Bonchev–Trinajstić information content (AvgIpc) is 1.66. The molecule has 12 aromatic rings. The second kappa shape index (κ2) is 32.0. The van der Waals surface area contributed by atoms with Gasteiger partial charge in [0.05, 0.1) is 55.2 Å². The van der Waals surface area contributed by atoms with E-state index >= 15 is 0 Å². The Balaban J connectivity index is 0.697. The number of aryl methyl sites for hydroxylation is 1. The molecule has 0 spiro atoms. The van der Waals surface area contributed by atoms with E-state index < -0.39 is 0 Å². The van der Waals surface area contributed by atoms with Crippen LogP contribution in [-0.2, 0) is 30.9 Å². The third kappa shape index (κ3) is 15.8. The maximum Gasteiger partial charge on any atom is 0.269 e. The van der Waals surface area contributed by atoms with Crippen LogP contribution in [0.3, 0.4) is 0 Å². The van der Waals surface area contributed by atoms with Gasteiger partial charge in [0.15, 0.2) is 48.8 Å². The van der Waals surface area contributed by atoms with Gasteiger partial charge in [-0.1, -0.05) is 84.9 Å². The normalized spacial score (nSPS) is 12.4. The van der Waals surface area contributed by atoms with Crippen LogP contribution >= 0.6 is 36.7 Å². The number of ether oxygens (including phenoxy) is 7. The number of aromatic amines is 4. The smallest absolute Gasteiger partial charge is 0.269 e. The molecule has 1 fully saturated rings. The molecule has 103 heavy (non-hydrogen) atoms. The lowest BCUT2D eigenvalue weighted by atomic mass is 10.1. The molecule has 528 valence electrons. The van der Waals surface area contributed by atoms with E-state index in [0.29, 0.717) is 110 Å². The van der Waals surface area contributed by atoms with Crippen LogP contribution in [0.5, 0.6) is 34.5 Å². The second-order valence-electron chi connectivity index (χ2n) is 24.0. The number of hydrogen-bond donors (Lipinski definition) is 10. The Kier molecular flexibility index (Phi) is 21.7. The number of amides is 3. The lowest BCUT2D eigenvalue weighted by Crippen LogP contribution is -2.41. The summed E-state index contributed by atoms with van der Waals surface area (Å²) in [6.45, 7) is 5.65. The molecule has 0 atom stereocenters. The van der Waals surface area contributed by atoms with Crippen molar-refractivity contribution in [3.8, 4) is 57.0 Å². The van der Waals surface area contributed by atoms with E-state index in [1.807, 2.05) is 108 Å². The summed E-state index contributed by atoms with van der Waals surface area (Å²) in [7, 11) is 3.02. The van der Waals surface area contributed by atoms with Crippen molar-refractivity contribution in [1.82, 2.24) is 64.0 Å². The zero-order valence-electron chi connectivity index (χ0n) is 56.3. The van der Waals surface area contributed by atoms with Gasteiger partial charge in [0.1, 0.15) is 54.3 Å². The molecule has 10 N–H and O–H groups in total. The van der Waals surface area contributed by atoms with Crippen LogP contribution in [0.25, 0.3) is 66.1 Å². The van der Waals surface area contributed by atoms with Gasteiger partial charge in [0, 0.05) is 128 Å². The average molecular weight is 1440 g/mol. The van der Waals surface area contributed by atoms with E-state index in [0.717, 1.165) is 47.4 Å². The first-order valence-electron chi connectivity index (χ1n) is 33.3. The monoisotopic (exact) mass is 1440 g/mol. The van der Waals surface area contributed by atoms with Crippen molar-refractivity contribution in [2.45, 2.75) is 26.2 Å². The van der Waals surface area contributed by atoms with Crippen LogP contribution in [0.15, 0.2) is 158 Å². The van der Waals surface area contributed by atoms with Crippen LogP contribution < -0.4 is 60.8 Å². The number of aromatic nitrogens is 9. The summed E-state index contributed by atoms with van der Waals surface area (Å²) in [6.07, 6.45) is 1.86. The molecular weight excluding hydrogens is 1370 g/mol. The minimum atomic E-state index is -0.367. The number of pyridine rings is 1. The molecule has 1 aliphatic heterocycles. The molecule has 1 aliphatic rings. The van der Waals surface area contributed by atoms with Gasteiger partial charge in [-0.15, -0.1) is 0 Å². The van der Waals surface area contributed by atoms with Crippen LogP contribution in [0, 0.1) is 30.5 Å². The predicted octanol–water partition coefficient (Wildman–Crippen LogP) is 9.73. The largest absolute Gasteiger partial charge is 0.493 e. The maximum atomic E-state index is 13.6. The lowest BCUT2D eigenvalue weighted by Gasteiger charge is -2.26. The first-order valence-corrected chi connectivity index (χ1v) is 34.6. The zero-order valence-corrected chi connectivity index (χ0v) is 58.8. The molecule has 0 aliphatic carbocycles. The van der Waals surface area contributed by atoms with Gasteiger partial charge in [-0.05, 0) is 90.7 Å². The topological polar surface area (TPSA) is 322 Å². The van der Waals surface area contributed by atoms with Crippen LogP contribution in [0.1, 0.15) is 31.3 Å². The number of H-pyrrole nitrogens is 4. The summed E-state index contributed by atoms with van der Waals surface area (Å²) in [4.78, 5) is 59.9. The Bertz CT molecular complexity index is 5550. The number of carbonyl (C=O) groups excluding carboxylic acids is 3. The zero-order chi connectivity index (χ0) is 71.5. The van der Waals surface area contributed by atoms with Crippen molar-refractivity contribution < 1.29 is 47.5 Å². The highest BCUT2D eigenvalue weighted by Crippen LogP contribution is 2.35. The highest BCUT2D eigenvalue weighted by molar-refractivity contribution is 7.71. The molecule has 29 heteroatoms. The van der Waals surface area contributed by atoms with Gasteiger partial charge in [0.25, 0.3) is 17.7 Å². The van der Waals surface area contributed by atoms with Gasteiger partial charge in [-0.2, -0.15) is 0 Å². The van der Waals surface area contributed by atoms with E-state index in [2.05, 4.69) is 45.8 Å². The predicted molar refractivity (Wildman–Crippen MR) is 396 cm³/mol. The van der Waals surface area contributed by atoms with E-state index in [1.165, 1.54) is 14.2 Å². The summed E-state index contributed by atoms with van der Waals surface area (Å²) in [5.41, 5.74) is 7.24. The van der Waals surface area contributed by atoms with Gasteiger partial charge >= 0.3 is 0 Å². The van der Waals surface area contributed by atoms with Crippen molar-refractivity contribution >= 4 is 98.0 Å². The van der Waals surface area contributed by atoms with Crippen molar-refractivity contribution in [2.24, 2.45) is 0 Å². The summed E-state index contributed by atoms with van der Waals surface area (Å²) in [5.74, 6) is 1.11. The van der Waals surface area contributed by atoms with Gasteiger partial charge in [-0.25, -0.2) is 4.98 Å². The number of hydrogen-bond acceptors (Lipinski definition) is 18. The SMILES string of the molecule is COc1cc2c(=N)n(CCn3cc(C(=O)NCCN4CCOCC4)c4ccccc43)c(=S)[nH]c2cc1OCCOc1cc2c(=N)n(CCNC(=O)c3ccc(-c4ccccc4)[nH]3)c(=S)[nH]c2cc1OCCOc1cc2c(=N)n(CCNC(=O)c3cccc(-c4ccccc4)n3)c(=S)[nH]c2cc1OC. The number of rotatable bonds is 29. The van der Waals surface area contributed by atoms with Crippen molar-refractivity contribution in [2.75, 3.05) is 93.1 Å². The second-order valence-corrected chi connectivity index (χ2v) is 25.2. The van der Waals surface area contributed by atoms with Crippen LogP contribution in [0.4, 0.5) is 0 Å². The highest BCUT2D eigenvalue weighted by Gasteiger charge is 2.21. The molecule has 7 heterocycles. The van der Waals surface area contributed by atoms with E-state index in [1.54, 1.807) is 68.3 Å². The maximum absolute atomic E-state index is 13.6. The van der Waals surface area contributed by atoms with Crippen molar-refractivity contribution in [1.29, 1.82) is 16.2 Å². The van der Waals surface area contributed by atoms with Crippen LogP contribution in [-0.4, -0.2) is 159 Å². The minimum absolute atomic E-state index is 0.000658. The van der Waals surface area contributed by atoms with Crippen molar-refractivity contribution in [3.05, 3.63) is 206 Å². The van der Waals surface area contributed by atoms with Gasteiger partial charge in [0.2, 0.25) is 0 Å². The Morgan fingerprint density at radius 1 is 0.485 bits per heavy atom. The summed E-state index contributed by atoms with van der Waals surface area (Å²) in [6, 6.07) is 46.1. The summed E-state index contributed by atoms with van der Waals surface area (Å²) < 4.78 is 50.3. The van der Waals surface area contributed by atoms with E-state index in [-0.39, 0.29) is 114 Å². The number of fused-ring (bicyclic) bond motifs is 4. The number of nitrogens with zero attached hydrogens (tertiary/aromatic N) is 6. The first kappa shape index (κ1) is 70.0. The number of methoxy groups -OCH3 is 2. The molecule has 26 nitrogen and oxygen atoms in total. The minimum Gasteiger partial charge on any atom is -0.493 e. The summed E-state index contributed by atoms with van der Waals surface area (Å²) in [5, 5.41) is 39.3. The lowest BCUT2D eigenvalue weighted by molar-refractivity contribution is 0.0383. The van der Waals surface area contributed by atoms with Gasteiger partial charge in [-0.3, -0.25) is 35.5 Å². The van der Waals surface area contributed by atoms with Crippen molar-refractivity contribution in [3.63, 3.8) is 0 Å². The number of benzene rings is 6. The highest BCUT2D eigenvalue weighted by atomic mass is 32.1.